The Morgan fingerprint density at radius 2 is 1.62 bits per heavy atom. The van der Waals surface area contributed by atoms with Crippen LogP contribution >= 0.6 is 0 Å². The molecule has 4 heteroatoms. The third-order valence-corrected chi connectivity index (χ3v) is 5.13. The minimum atomic E-state index is -0.699. The van der Waals surface area contributed by atoms with Gasteiger partial charge in [-0.1, -0.05) is 44.2 Å². The molecule has 1 atom stereocenters. The van der Waals surface area contributed by atoms with Gasteiger partial charge in [-0.15, -0.1) is 0 Å². The third-order valence-electron chi connectivity index (χ3n) is 5.13. The first kappa shape index (κ1) is 19.1. The lowest BCUT2D eigenvalue weighted by Gasteiger charge is -2.41. The first-order valence-corrected chi connectivity index (χ1v) is 8.89. The summed E-state index contributed by atoms with van der Waals surface area (Å²) in [7, 11) is 0. The molecule has 1 saturated carbocycles. The van der Waals surface area contributed by atoms with E-state index in [-0.39, 0.29) is 12.4 Å². The van der Waals surface area contributed by atoms with Crippen LogP contribution in [0.25, 0.3) is 0 Å². The number of carbonyl (C=O) groups excluding carboxylic acids is 1. The molecule has 1 aromatic carbocycles. The summed E-state index contributed by atoms with van der Waals surface area (Å²) < 4.78 is 11.5. The van der Waals surface area contributed by atoms with E-state index in [0.717, 1.165) is 12.0 Å². The second-order valence-electron chi connectivity index (χ2n) is 7.19. The molecule has 1 saturated heterocycles. The highest BCUT2D eigenvalue weighted by Crippen LogP contribution is 2.50. The average Bonchev–Trinajstić information content (AvgIpc) is 2.87. The minimum absolute atomic E-state index is 0.0989. The number of ketones is 1. The zero-order chi connectivity index (χ0) is 17.8. The highest BCUT2D eigenvalue weighted by molar-refractivity contribution is 5.93. The fourth-order valence-electron chi connectivity index (χ4n) is 3.61. The number of carbonyl (C=O) groups is 1. The van der Waals surface area contributed by atoms with Crippen LogP contribution in [0.3, 0.4) is 0 Å². The summed E-state index contributed by atoms with van der Waals surface area (Å²) in [6, 6.07) is 9.90. The molecule has 1 aliphatic heterocycles. The normalized spacial score (nSPS) is 27.6. The van der Waals surface area contributed by atoms with Crippen LogP contribution in [-0.4, -0.2) is 36.5 Å². The van der Waals surface area contributed by atoms with Crippen LogP contribution in [0, 0.1) is 10.8 Å². The number of hydrogen-bond acceptors (Lipinski definition) is 4. The molecule has 24 heavy (non-hydrogen) atoms. The number of ether oxygens (including phenoxy) is 2. The van der Waals surface area contributed by atoms with Crippen LogP contribution in [0.4, 0.5) is 0 Å². The molecular weight excluding hydrogens is 304 g/mol. The standard InChI is InChI=1S/C18H24O4.C2H6/c1-16(2)21-12-18(13-22-16)9-8-17(11-19,15(18)20)10-14-6-4-3-5-7-14;1-2/h3-7,19H,8-13H2,1-2H3;1-2H3. The SMILES string of the molecule is CC.CC1(C)OCC2(CCC(CO)(Cc3ccccc3)C2=O)CO1. The van der Waals surface area contributed by atoms with Gasteiger partial charge in [0, 0.05) is 0 Å². The maximum absolute atomic E-state index is 13.1. The van der Waals surface area contributed by atoms with Crippen LogP contribution in [0.15, 0.2) is 30.3 Å². The minimum Gasteiger partial charge on any atom is -0.395 e. The van der Waals surface area contributed by atoms with Crippen molar-refractivity contribution in [2.24, 2.45) is 10.8 Å². The van der Waals surface area contributed by atoms with Gasteiger partial charge in [-0.05, 0) is 38.7 Å². The van der Waals surface area contributed by atoms with E-state index >= 15 is 0 Å². The van der Waals surface area contributed by atoms with Crippen molar-refractivity contribution in [3.63, 3.8) is 0 Å². The quantitative estimate of drug-likeness (QED) is 0.921. The fraction of sp³-hybridized carbons (Fsp3) is 0.650. The first-order valence-electron chi connectivity index (χ1n) is 8.89. The lowest BCUT2D eigenvalue weighted by molar-refractivity contribution is -0.278. The molecule has 2 aliphatic rings. The van der Waals surface area contributed by atoms with Gasteiger partial charge in [-0.3, -0.25) is 4.79 Å². The van der Waals surface area contributed by atoms with Gasteiger partial charge >= 0.3 is 0 Å². The lowest BCUT2D eigenvalue weighted by Crippen LogP contribution is -2.51. The Kier molecular flexibility index (Phi) is 5.84. The monoisotopic (exact) mass is 334 g/mol. The van der Waals surface area contributed by atoms with E-state index in [1.54, 1.807) is 0 Å². The third kappa shape index (κ3) is 3.56. The fourth-order valence-corrected chi connectivity index (χ4v) is 3.61. The van der Waals surface area contributed by atoms with Crippen molar-refractivity contribution in [2.45, 2.75) is 52.7 Å². The van der Waals surface area contributed by atoms with Crippen molar-refractivity contribution in [3.05, 3.63) is 35.9 Å². The Hall–Kier alpha value is -1.23. The van der Waals surface area contributed by atoms with Crippen molar-refractivity contribution in [2.75, 3.05) is 19.8 Å². The second kappa shape index (κ2) is 7.34. The van der Waals surface area contributed by atoms with Crippen LogP contribution in [0.5, 0.6) is 0 Å². The van der Waals surface area contributed by atoms with Gasteiger partial charge in [0.2, 0.25) is 0 Å². The van der Waals surface area contributed by atoms with E-state index in [0.29, 0.717) is 26.1 Å². The van der Waals surface area contributed by atoms with Crippen LogP contribution < -0.4 is 0 Å². The molecule has 0 amide bonds. The van der Waals surface area contributed by atoms with E-state index in [1.807, 2.05) is 58.0 Å². The maximum Gasteiger partial charge on any atom is 0.162 e. The van der Waals surface area contributed by atoms with Gasteiger partial charge in [0.25, 0.3) is 0 Å². The predicted octanol–water partition coefficient (Wildman–Crippen LogP) is 3.37. The Bertz CT molecular complexity index is 542. The zero-order valence-corrected chi connectivity index (χ0v) is 15.3. The van der Waals surface area contributed by atoms with Crippen molar-refractivity contribution in [3.8, 4) is 0 Å². The summed E-state index contributed by atoms with van der Waals surface area (Å²) in [6.45, 7) is 8.38. The molecule has 2 fully saturated rings. The molecule has 1 spiro atoms. The summed E-state index contributed by atoms with van der Waals surface area (Å²) in [5.41, 5.74) is -0.206. The molecule has 0 bridgehead atoms. The van der Waals surface area contributed by atoms with Crippen molar-refractivity contribution >= 4 is 5.78 Å². The van der Waals surface area contributed by atoms with Gasteiger partial charge in [0.05, 0.1) is 30.7 Å². The molecule has 1 heterocycles. The highest BCUT2D eigenvalue weighted by Gasteiger charge is 2.58. The molecule has 4 nitrogen and oxygen atoms in total. The number of aliphatic hydroxyl groups is 1. The Labute approximate surface area is 145 Å². The van der Waals surface area contributed by atoms with Gasteiger partial charge < -0.3 is 14.6 Å². The average molecular weight is 334 g/mol. The number of aliphatic hydroxyl groups excluding tert-OH is 1. The smallest absolute Gasteiger partial charge is 0.162 e. The van der Waals surface area contributed by atoms with E-state index < -0.39 is 16.6 Å². The summed E-state index contributed by atoms with van der Waals surface area (Å²) in [4.78, 5) is 13.1. The number of rotatable bonds is 3. The van der Waals surface area contributed by atoms with E-state index in [9.17, 15) is 9.90 Å². The van der Waals surface area contributed by atoms with Crippen LogP contribution in [-0.2, 0) is 20.7 Å². The molecule has 134 valence electrons. The van der Waals surface area contributed by atoms with Gasteiger partial charge in [-0.25, -0.2) is 0 Å². The lowest BCUT2D eigenvalue weighted by atomic mass is 9.75. The summed E-state index contributed by atoms with van der Waals surface area (Å²) in [5, 5.41) is 9.96. The summed E-state index contributed by atoms with van der Waals surface area (Å²) in [6.07, 6.45) is 1.98. The van der Waals surface area contributed by atoms with Gasteiger partial charge in [-0.2, -0.15) is 0 Å². The second-order valence-corrected chi connectivity index (χ2v) is 7.19. The topological polar surface area (TPSA) is 55.8 Å². The number of Topliss-reactive ketones (excluding diaryl/α,β-unsaturated/α-hetero) is 1. The van der Waals surface area contributed by atoms with Crippen molar-refractivity contribution in [1.82, 2.24) is 0 Å². The molecule has 1 aromatic rings. The maximum atomic E-state index is 13.1. The molecule has 0 radical (unpaired) electrons. The Balaban J connectivity index is 0.00000100. The van der Waals surface area contributed by atoms with Gasteiger partial charge in [0.1, 0.15) is 0 Å². The number of benzene rings is 1. The van der Waals surface area contributed by atoms with Crippen molar-refractivity contribution in [1.29, 1.82) is 0 Å². The molecule has 0 aromatic heterocycles. The molecule has 1 aliphatic carbocycles. The highest BCUT2D eigenvalue weighted by atomic mass is 16.7. The first-order chi connectivity index (χ1) is 11.4. The molecule has 3 rings (SSSR count). The summed E-state index contributed by atoms with van der Waals surface area (Å²) in [5.74, 6) is -0.531. The Morgan fingerprint density at radius 3 is 2.17 bits per heavy atom. The van der Waals surface area contributed by atoms with E-state index in [2.05, 4.69) is 0 Å². The molecule has 1 N–H and O–H groups in total. The largest absolute Gasteiger partial charge is 0.395 e. The predicted molar refractivity (Wildman–Crippen MR) is 93.7 cm³/mol. The number of hydrogen-bond donors (Lipinski definition) is 1. The van der Waals surface area contributed by atoms with Crippen LogP contribution in [0.2, 0.25) is 0 Å². The molecule has 1 unspecified atom stereocenters. The van der Waals surface area contributed by atoms with E-state index in [4.69, 9.17) is 9.47 Å². The van der Waals surface area contributed by atoms with Gasteiger partial charge in [0.15, 0.2) is 11.6 Å². The Morgan fingerprint density at radius 1 is 1.04 bits per heavy atom. The van der Waals surface area contributed by atoms with Crippen LogP contribution in [0.1, 0.15) is 46.1 Å². The molecular formula is C20H30O4. The zero-order valence-electron chi connectivity index (χ0n) is 15.3. The van der Waals surface area contributed by atoms with E-state index in [1.165, 1.54) is 0 Å². The summed E-state index contributed by atoms with van der Waals surface area (Å²) >= 11 is 0. The van der Waals surface area contributed by atoms with Crippen molar-refractivity contribution < 1.29 is 19.4 Å².